The smallest absolute Gasteiger partial charge is 0.257 e. The lowest BCUT2D eigenvalue weighted by atomic mass is 10.2. The summed E-state index contributed by atoms with van der Waals surface area (Å²) in [4.78, 5) is 17.0. The van der Waals surface area contributed by atoms with Crippen molar-refractivity contribution in [3.63, 3.8) is 0 Å². The normalized spacial score (nSPS) is 16.8. The van der Waals surface area contributed by atoms with Gasteiger partial charge in [0.15, 0.2) is 15.0 Å². The van der Waals surface area contributed by atoms with Crippen LogP contribution < -0.4 is 10.1 Å². The van der Waals surface area contributed by atoms with Gasteiger partial charge in [-0.1, -0.05) is 11.3 Å². The van der Waals surface area contributed by atoms with Gasteiger partial charge in [0.1, 0.15) is 12.4 Å². The minimum Gasteiger partial charge on any atom is -0.491 e. The van der Waals surface area contributed by atoms with E-state index in [1.54, 1.807) is 30.3 Å². The van der Waals surface area contributed by atoms with Crippen molar-refractivity contribution in [2.75, 3.05) is 24.8 Å². The number of nitrogens with zero attached hydrogens (tertiary/aromatic N) is 1. The van der Waals surface area contributed by atoms with E-state index in [1.807, 2.05) is 0 Å². The van der Waals surface area contributed by atoms with Crippen LogP contribution in [-0.4, -0.2) is 44.9 Å². The predicted octanol–water partition coefficient (Wildman–Crippen LogP) is 3.51. The van der Waals surface area contributed by atoms with Crippen molar-refractivity contribution in [2.24, 2.45) is 0 Å². The molecule has 1 N–H and O–H groups in total. The highest BCUT2D eigenvalue weighted by molar-refractivity contribution is 7.90. The Morgan fingerprint density at radius 2 is 2.07 bits per heavy atom. The molecule has 0 radical (unpaired) electrons. The number of hydrogen-bond donors (Lipinski definition) is 1. The van der Waals surface area contributed by atoms with Gasteiger partial charge in [-0.05, 0) is 55.3 Å². The number of nitrogens with one attached hydrogen (secondary N) is 1. The maximum Gasteiger partial charge on any atom is 0.257 e. The zero-order valence-corrected chi connectivity index (χ0v) is 17.4. The molecule has 4 rings (SSSR count). The van der Waals surface area contributed by atoms with E-state index in [1.165, 1.54) is 23.5 Å². The zero-order valence-electron chi connectivity index (χ0n) is 15.8. The molecule has 3 aromatic rings. The van der Waals surface area contributed by atoms with Crippen LogP contribution in [0, 0.1) is 0 Å². The second-order valence-electron chi connectivity index (χ2n) is 6.85. The average Bonchev–Trinajstić information content (AvgIpc) is 3.34. The van der Waals surface area contributed by atoms with Gasteiger partial charge in [-0.3, -0.25) is 10.1 Å². The third-order valence-corrected chi connectivity index (χ3v) is 6.65. The van der Waals surface area contributed by atoms with Crippen molar-refractivity contribution < 1.29 is 22.7 Å². The fourth-order valence-electron chi connectivity index (χ4n) is 3.03. The second kappa shape index (κ2) is 8.10. The quantitative estimate of drug-likeness (QED) is 0.641. The van der Waals surface area contributed by atoms with E-state index in [0.29, 0.717) is 28.6 Å². The minimum absolute atomic E-state index is 0.139. The molecule has 0 aliphatic carbocycles. The minimum atomic E-state index is -3.31. The number of sulfone groups is 1. The fourth-order valence-corrected chi connectivity index (χ4v) is 4.51. The number of ether oxygens (including phenoxy) is 2. The summed E-state index contributed by atoms with van der Waals surface area (Å²) in [5, 5.41) is 3.17. The van der Waals surface area contributed by atoms with Gasteiger partial charge < -0.3 is 9.47 Å². The molecule has 1 aromatic heterocycles. The first-order chi connectivity index (χ1) is 13.9. The highest BCUT2D eigenvalue weighted by Gasteiger charge is 2.16. The third-order valence-electron chi connectivity index (χ3n) is 4.58. The van der Waals surface area contributed by atoms with Gasteiger partial charge in [-0.15, -0.1) is 0 Å². The Kier molecular flexibility index (Phi) is 5.53. The molecule has 1 unspecified atom stereocenters. The first kappa shape index (κ1) is 19.8. The number of anilines is 1. The fraction of sp³-hybridized carbons (Fsp3) is 0.300. The van der Waals surface area contributed by atoms with E-state index in [4.69, 9.17) is 9.47 Å². The summed E-state index contributed by atoms with van der Waals surface area (Å²) in [5.74, 6) is 0.392. The Morgan fingerprint density at radius 1 is 1.28 bits per heavy atom. The first-order valence-corrected chi connectivity index (χ1v) is 11.9. The number of aromatic nitrogens is 1. The first-order valence-electron chi connectivity index (χ1n) is 9.15. The molecule has 1 aliphatic rings. The molecule has 1 saturated heterocycles. The van der Waals surface area contributed by atoms with E-state index in [0.717, 1.165) is 30.4 Å². The van der Waals surface area contributed by atoms with Gasteiger partial charge in [-0.25, -0.2) is 13.4 Å². The summed E-state index contributed by atoms with van der Waals surface area (Å²) < 4.78 is 35.4. The summed E-state index contributed by atoms with van der Waals surface area (Å²) >= 11 is 1.29. The van der Waals surface area contributed by atoms with Gasteiger partial charge in [0.25, 0.3) is 5.91 Å². The van der Waals surface area contributed by atoms with E-state index in [2.05, 4.69) is 10.3 Å². The van der Waals surface area contributed by atoms with Crippen LogP contribution >= 0.6 is 11.3 Å². The van der Waals surface area contributed by atoms with Gasteiger partial charge in [0.2, 0.25) is 0 Å². The van der Waals surface area contributed by atoms with Crippen LogP contribution in [0.1, 0.15) is 23.2 Å². The number of benzene rings is 2. The van der Waals surface area contributed by atoms with Crippen LogP contribution in [0.15, 0.2) is 47.4 Å². The molecule has 0 bridgehead atoms. The van der Waals surface area contributed by atoms with Crippen LogP contribution in [0.25, 0.3) is 10.2 Å². The van der Waals surface area contributed by atoms with Gasteiger partial charge in [0, 0.05) is 18.4 Å². The number of fused-ring (bicyclic) bond motifs is 1. The third kappa shape index (κ3) is 4.75. The summed E-state index contributed by atoms with van der Waals surface area (Å²) in [7, 11) is -3.31. The summed E-state index contributed by atoms with van der Waals surface area (Å²) in [5.41, 5.74) is 1.01. The summed E-state index contributed by atoms with van der Waals surface area (Å²) in [6, 6.07) is 11.6. The number of thiazole rings is 1. The Hall–Kier alpha value is -2.49. The van der Waals surface area contributed by atoms with E-state index < -0.39 is 9.84 Å². The Balaban J connectivity index is 1.41. The van der Waals surface area contributed by atoms with Crippen molar-refractivity contribution in [3.05, 3.63) is 48.0 Å². The van der Waals surface area contributed by atoms with Crippen LogP contribution in [-0.2, 0) is 14.6 Å². The van der Waals surface area contributed by atoms with Crippen molar-refractivity contribution in [2.45, 2.75) is 23.8 Å². The maximum atomic E-state index is 12.5. The molecular formula is C20H20N2O5S2. The van der Waals surface area contributed by atoms with Gasteiger partial charge in [-0.2, -0.15) is 0 Å². The molecule has 0 spiro atoms. The molecule has 7 nitrogen and oxygen atoms in total. The molecule has 0 saturated carbocycles. The maximum absolute atomic E-state index is 12.5. The van der Waals surface area contributed by atoms with Crippen LogP contribution in [0.2, 0.25) is 0 Å². The van der Waals surface area contributed by atoms with Crippen molar-refractivity contribution in [1.29, 1.82) is 0 Å². The lowest BCUT2D eigenvalue weighted by Crippen LogP contribution is -2.16. The van der Waals surface area contributed by atoms with E-state index in [9.17, 15) is 13.2 Å². The lowest BCUT2D eigenvalue weighted by molar-refractivity contribution is 0.0679. The Labute approximate surface area is 172 Å². The molecule has 1 aliphatic heterocycles. The largest absolute Gasteiger partial charge is 0.491 e. The second-order valence-corrected chi connectivity index (χ2v) is 9.89. The molecule has 152 valence electrons. The number of hydrogen-bond acceptors (Lipinski definition) is 7. The molecule has 9 heteroatoms. The summed E-state index contributed by atoms with van der Waals surface area (Å²) in [6.07, 6.45) is 3.36. The van der Waals surface area contributed by atoms with Crippen molar-refractivity contribution in [3.8, 4) is 5.75 Å². The standard InChI is InChI=1S/C20H20N2O5S2/c1-29(24,25)16-8-9-18-17(11-16)21-20(28-18)22-19(23)13-4-6-14(7-5-13)27-12-15-3-2-10-26-15/h4-9,11,15H,2-3,10,12H2,1H3,(H,21,22,23). The number of rotatable bonds is 6. The molecule has 1 amide bonds. The van der Waals surface area contributed by atoms with E-state index in [-0.39, 0.29) is 16.9 Å². The van der Waals surface area contributed by atoms with Crippen LogP contribution in [0.5, 0.6) is 5.75 Å². The molecule has 2 aromatic carbocycles. The van der Waals surface area contributed by atoms with Gasteiger partial charge in [0.05, 0.1) is 21.2 Å². The van der Waals surface area contributed by atoms with Gasteiger partial charge >= 0.3 is 0 Å². The van der Waals surface area contributed by atoms with Crippen LogP contribution in [0.4, 0.5) is 5.13 Å². The zero-order chi connectivity index (χ0) is 20.4. The number of carbonyl (C=O) groups excluding carboxylic acids is 1. The van der Waals surface area contributed by atoms with Crippen molar-refractivity contribution in [1.82, 2.24) is 4.98 Å². The SMILES string of the molecule is CS(=O)(=O)c1ccc2sc(NC(=O)c3ccc(OCC4CCCO4)cc3)nc2c1. The molecule has 2 heterocycles. The summed E-state index contributed by atoms with van der Waals surface area (Å²) in [6.45, 7) is 1.29. The predicted molar refractivity (Wildman–Crippen MR) is 112 cm³/mol. The van der Waals surface area contributed by atoms with Crippen LogP contribution in [0.3, 0.4) is 0 Å². The Morgan fingerprint density at radius 3 is 2.76 bits per heavy atom. The molecule has 1 fully saturated rings. The highest BCUT2D eigenvalue weighted by atomic mass is 32.2. The molecular weight excluding hydrogens is 412 g/mol. The Bertz CT molecular complexity index is 1130. The molecule has 1 atom stereocenters. The monoisotopic (exact) mass is 432 g/mol. The van der Waals surface area contributed by atoms with E-state index >= 15 is 0 Å². The topological polar surface area (TPSA) is 94.6 Å². The van der Waals surface area contributed by atoms with Crippen molar-refractivity contribution >= 4 is 42.4 Å². The average molecular weight is 433 g/mol. The molecule has 29 heavy (non-hydrogen) atoms. The number of amides is 1. The highest BCUT2D eigenvalue weighted by Crippen LogP contribution is 2.28. The lowest BCUT2D eigenvalue weighted by Gasteiger charge is -2.11. The number of carbonyl (C=O) groups is 1.